The zero-order valence-electron chi connectivity index (χ0n) is 9.01. The highest BCUT2D eigenvalue weighted by atomic mass is 35.6. The summed E-state index contributed by atoms with van der Waals surface area (Å²) in [4.78, 5) is 0. The molecule has 0 unspecified atom stereocenters. The van der Waals surface area contributed by atoms with Crippen molar-refractivity contribution in [2.45, 2.75) is 46.4 Å². The Morgan fingerprint density at radius 2 is 1.47 bits per heavy atom. The minimum atomic E-state index is -1.94. The smallest absolute Gasteiger partial charge is 0.131 e. The maximum absolute atomic E-state index is 6.12. The minimum absolute atomic E-state index is 0.425. The molecule has 1 aliphatic rings. The molecule has 0 fully saturated rings. The van der Waals surface area contributed by atoms with E-state index in [1.54, 1.807) is 0 Å². The molecular weight excluding hydrogens is 329 g/mol. The first-order valence-electron chi connectivity index (χ1n) is 5.05. The number of hydrogen-bond donors (Lipinski definition) is 0. The van der Waals surface area contributed by atoms with Crippen LogP contribution in [0.25, 0.3) is 0 Å². The first-order chi connectivity index (χ1) is 7.77. The molecule has 0 aromatic rings. The van der Waals surface area contributed by atoms with Crippen molar-refractivity contribution in [3.8, 4) is 0 Å². The Bertz CT molecular complexity index is 310. The minimum Gasteiger partial charge on any atom is -0.131 e. The molecule has 1 rings (SSSR count). The standard InChI is InChI=1S/C8H11Cl5N4/c1-2-3-4-5-6(14-16-17-15-6)7(9,10)8(11,12)13/h2-5H2,1H3. The van der Waals surface area contributed by atoms with E-state index in [0.29, 0.717) is 6.42 Å². The monoisotopic (exact) mass is 338 g/mol. The Morgan fingerprint density at radius 1 is 0.941 bits per heavy atom. The van der Waals surface area contributed by atoms with E-state index in [-0.39, 0.29) is 0 Å². The second-order valence-corrected chi connectivity index (χ2v) is 7.33. The van der Waals surface area contributed by atoms with E-state index in [1.807, 2.05) is 0 Å². The number of nitrogens with zero attached hydrogens (tertiary/aromatic N) is 4. The number of alkyl halides is 5. The first-order valence-corrected chi connectivity index (χ1v) is 6.94. The maximum atomic E-state index is 6.12. The van der Waals surface area contributed by atoms with Gasteiger partial charge in [-0.25, -0.2) is 0 Å². The predicted octanol–water partition coefficient (Wildman–Crippen LogP) is 5.64. The molecule has 0 spiro atoms. The van der Waals surface area contributed by atoms with Crippen LogP contribution in [0.1, 0.15) is 32.6 Å². The zero-order chi connectivity index (χ0) is 13.2. The average molecular weight is 340 g/mol. The van der Waals surface area contributed by atoms with Crippen molar-refractivity contribution in [1.82, 2.24) is 0 Å². The summed E-state index contributed by atoms with van der Waals surface area (Å²) in [5, 5.41) is 14.6. The molecule has 0 amide bonds. The van der Waals surface area contributed by atoms with Crippen LogP contribution in [-0.4, -0.2) is 13.8 Å². The molecule has 0 aromatic carbocycles. The molecule has 0 bridgehead atoms. The van der Waals surface area contributed by atoms with Crippen LogP contribution in [0.3, 0.4) is 0 Å². The number of rotatable bonds is 5. The van der Waals surface area contributed by atoms with Crippen molar-refractivity contribution >= 4 is 58.0 Å². The first kappa shape index (κ1) is 15.7. The van der Waals surface area contributed by atoms with E-state index in [9.17, 15) is 0 Å². The Morgan fingerprint density at radius 3 is 1.88 bits per heavy atom. The zero-order valence-corrected chi connectivity index (χ0v) is 12.8. The predicted molar refractivity (Wildman–Crippen MR) is 71.3 cm³/mol. The van der Waals surface area contributed by atoms with Gasteiger partial charge in [0, 0.05) is 0 Å². The molecule has 9 heteroatoms. The second-order valence-electron chi connectivity index (χ2n) is 3.72. The molecule has 0 saturated carbocycles. The quantitative estimate of drug-likeness (QED) is 0.459. The van der Waals surface area contributed by atoms with Gasteiger partial charge in [0.05, 0.1) is 0 Å². The van der Waals surface area contributed by atoms with Crippen molar-refractivity contribution in [3.63, 3.8) is 0 Å². The summed E-state index contributed by atoms with van der Waals surface area (Å²) in [6.07, 6.45) is 3.21. The Hall–Kier alpha value is 0.650. The summed E-state index contributed by atoms with van der Waals surface area (Å²) < 4.78 is -3.76. The van der Waals surface area contributed by atoms with Gasteiger partial charge in [-0.05, 0) is 23.3 Å². The molecule has 0 saturated heterocycles. The van der Waals surface area contributed by atoms with Gasteiger partial charge in [0.25, 0.3) is 0 Å². The third-order valence-corrected chi connectivity index (χ3v) is 5.05. The third-order valence-electron chi connectivity index (χ3n) is 2.45. The summed E-state index contributed by atoms with van der Waals surface area (Å²) in [6, 6.07) is 0. The van der Waals surface area contributed by atoms with Crippen molar-refractivity contribution in [3.05, 3.63) is 0 Å². The van der Waals surface area contributed by atoms with E-state index in [4.69, 9.17) is 58.0 Å². The van der Waals surface area contributed by atoms with Crippen LogP contribution in [0.4, 0.5) is 0 Å². The van der Waals surface area contributed by atoms with Crippen molar-refractivity contribution < 1.29 is 0 Å². The average Bonchev–Trinajstić information content (AvgIpc) is 2.66. The second kappa shape index (κ2) is 5.74. The van der Waals surface area contributed by atoms with Crippen LogP contribution in [0.5, 0.6) is 0 Å². The van der Waals surface area contributed by atoms with Gasteiger partial charge in [0.15, 0.2) is 0 Å². The number of unbranched alkanes of at least 4 members (excludes halogenated alkanes) is 2. The van der Waals surface area contributed by atoms with Crippen molar-refractivity contribution in [1.29, 1.82) is 0 Å². The van der Waals surface area contributed by atoms with Crippen LogP contribution in [-0.2, 0) is 0 Å². The number of halogens is 5. The van der Waals surface area contributed by atoms with E-state index in [2.05, 4.69) is 27.6 Å². The molecule has 0 aromatic heterocycles. The summed E-state index contributed by atoms with van der Waals surface area (Å²) in [5.74, 6) is 0. The fourth-order valence-electron chi connectivity index (χ4n) is 1.44. The SMILES string of the molecule is CCCCCC1(C(Cl)(Cl)C(Cl)(Cl)Cl)N=NN=N1. The Balaban J connectivity index is 2.93. The highest BCUT2D eigenvalue weighted by molar-refractivity contribution is 6.75. The molecule has 0 N–H and O–H groups in total. The molecule has 0 aliphatic carbocycles. The van der Waals surface area contributed by atoms with Crippen LogP contribution in [0, 0.1) is 0 Å². The van der Waals surface area contributed by atoms with Gasteiger partial charge in [0.1, 0.15) is 0 Å². The molecule has 4 nitrogen and oxygen atoms in total. The lowest BCUT2D eigenvalue weighted by Crippen LogP contribution is -2.50. The molecule has 0 atom stereocenters. The fourth-order valence-corrected chi connectivity index (χ4v) is 2.23. The Labute approximate surface area is 125 Å². The van der Waals surface area contributed by atoms with E-state index in [0.717, 1.165) is 19.3 Å². The van der Waals surface area contributed by atoms with E-state index >= 15 is 0 Å². The van der Waals surface area contributed by atoms with Gasteiger partial charge in [-0.3, -0.25) is 0 Å². The van der Waals surface area contributed by atoms with Crippen molar-refractivity contribution in [2.75, 3.05) is 0 Å². The number of hydrogen-bond acceptors (Lipinski definition) is 4. The summed E-state index contributed by atoms with van der Waals surface area (Å²) in [6.45, 7) is 2.06. The molecule has 17 heavy (non-hydrogen) atoms. The maximum Gasteiger partial charge on any atom is 0.232 e. The summed E-state index contributed by atoms with van der Waals surface area (Å²) in [7, 11) is 0. The van der Waals surface area contributed by atoms with Gasteiger partial charge in [-0.15, -0.1) is 10.2 Å². The highest BCUT2D eigenvalue weighted by Gasteiger charge is 2.63. The topological polar surface area (TPSA) is 49.4 Å². The van der Waals surface area contributed by atoms with Crippen LogP contribution >= 0.6 is 58.0 Å². The van der Waals surface area contributed by atoms with E-state index in [1.165, 1.54) is 0 Å². The van der Waals surface area contributed by atoms with Gasteiger partial charge in [-0.2, -0.15) is 0 Å². The normalized spacial score (nSPS) is 18.9. The lowest BCUT2D eigenvalue weighted by molar-refractivity contribution is 0.347. The largest absolute Gasteiger partial charge is 0.232 e. The Kier molecular flexibility index (Phi) is 5.30. The highest BCUT2D eigenvalue weighted by Crippen LogP contribution is 2.56. The van der Waals surface area contributed by atoms with Crippen LogP contribution in [0.2, 0.25) is 0 Å². The van der Waals surface area contributed by atoms with Gasteiger partial charge in [0.2, 0.25) is 13.8 Å². The van der Waals surface area contributed by atoms with Gasteiger partial charge in [-0.1, -0.05) is 77.8 Å². The lowest BCUT2D eigenvalue weighted by atomic mass is 9.99. The molecule has 98 valence electrons. The van der Waals surface area contributed by atoms with Crippen LogP contribution < -0.4 is 0 Å². The summed E-state index contributed by atoms with van der Waals surface area (Å²) >= 11 is 29.5. The molecule has 1 heterocycles. The molecule has 1 aliphatic heterocycles. The third kappa shape index (κ3) is 3.16. The fraction of sp³-hybridized carbons (Fsp3) is 1.00. The van der Waals surface area contributed by atoms with Crippen LogP contribution in [0.15, 0.2) is 20.7 Å². The van der Waals surface area contributed by atoms with Gasteiger partial charge >= 0.3 is 0 Å². The summed E-state index contributed by atoms with van der Waals surface area (Å²) in [5.41, 5.74) is -1.32. The van der Waals surface area contributed by atoms with E-state index < -0.39 is 13.8 Å². The lowest BCUT2D eigenvalue weighted by Gasteiger charge is -2.37. The van der Waals surface area contributed by atoms with Gasteiger partial charge < -0.3 is 0 Å². The molecular formula is C8H11Cl5N4. The van der Waals surface area contributed by atoms with Crippen molar-refractivity contribution in [2.24, 2.45) is 20.7 Å². The molecule has 0 radical (unpaired) electrons.